The molecule has 1 saturated heterocycles. The number of carbonyl (C=O) groups is 1. The Bertz CT molecular complexity index is 812. The van der Waals surface area contributed by atoms with Crippen LogP contribution >= 0.6 is 0 Å². The molecule has 10 heteroatoms. The minimum absolute atomic E-state index is 0.0773. The largest absolute Gasteiger partial charge is 0.383 e. The van der Waals surface area contributed by atoms with E-state index in [1.165, 1.54) is 12.4 Å². The van der Waals surface area contributed by atoms with Crippen LogP contribution in [0.2, 0.25) is 0 Å². The second kappa shape index (κ2) is 8.17. The van der Waals surface area contributed by atoms with E-state index in [9.17, 15) is 4.79 Å². The number of nitrogens with one attached hydrogen (secondary N) is 2. The Balaban J connectivity index is 1.74. The first-order chi connectivity index (χ1) is 12.7. The molecule has 0 atom stereocenters. The molecule has 2 aromatic heterocycles. The Morgan fingerprint density at radius 2 is 2.08 bits per heavy atom. The maximum Gasteiger partial charge on any atom is 0.271 e. The Labute approximate surface area is 149 Å². The van der Waals surface area contributed by atoms with Crippen molar-refractivity contribution in [2.24, 2.45) is 11.7 Å². The number of nitrogens with zero attached hydrogens (tertiary/aromatic N) is 5. The zero-order chi connectivity index (χ0) is 18.4. The Hall–Kier alpha value is -3.32. The number of hydrogen-bond donors (Lipinski definition) is 3. The zero-order valence-corrected chi connectivity index (χ0v) is 14.0. The van der Waals surface area contributed by atoms with E-state index >= 15 is 0 Å². The Morgan fingerprint density at radius 1 is 1.27 bits per heavy atom. The molecule has 2 aromatic rings. The molecule has 0 unspecified atom stereocenters. The number of aromatic nitrogens is 4. The molecule has 3 heterocycles. The highest BCUT2D eigenvalue weighted by Crippen LogP contribution is 2.21. The third-order valence-electron chi connectivity index (χ3n) is 3.97. The van der Waals surface area contributed by atoms with Crippen LogP contribution in [-0.2, 0) is 4.74 Å². The molecular weight excluding hydrogens is 336 g/mol. The molecule has 10 nitrogen and oxygen atoms in total. The summed E-state index contributed by atoms with van der Waals surface area (Å²) in [6, 6.07) is 3.54. The average Bonchev–Trinajstić information content (AvgIpc) is 2.68. The van der Waals surface area contributed by atoms with Crippen LogP contribution in [0, 0.1) is 17.2 Å². The van der Waals surface area contributed by atoms with Gasteiger partial charge in [-0.1, -0.05) is 0 Å². The van der Waals surface area contributed by atoms with E-state index < -0.39 is 5.91 Å². The molecular formula is C16H18N8O2. The minimum atomic E-state index is -0.656. The summed E-state index contributed by atoms with van der Waals surface area (Å²) in [6.07, 6.45) is 4.68. The van der Waals surface area contributed by atoms with E-state index in [-0.39, 0.29) is 11.4 Å². The van der Waals surface area contributed by atoms with Crippen LogP contribution < -0.4 is 16.4 Å². The molecule has 1 amide bonds. The molecule has 0 aliphatic carbocycles. The lowest BCUT2D eigenvalue weighted by Gasteiger charge is -2.23. The topological polar surface area (TPSA) is 152 Å². The number of anilines is 3. The maximum atomic E-state index is 11.6. The summed E-state index contributed by atoms with van der Waals surface area (Å²) in [6.45, 7) is 2.17. The number of carbonyl (C=O) groups excluding carboxylic acids is 1. The molecule has 0 bridgehead atoms. The van der Waals surface area contributed by atoms with Gasteiger partial charge in [-0.3, -0.25) is 4.79 Å². The number of amides is 1. The van der Waals surface area contributed by atoms with Gasteiger partial charge in [0.2, 0.25) is 0 Å². The smallest absolute Gasteiger partial charge is 0.271 e. The van der Waals surface area contributed by atoms with Gasteiger partial charge in [-0.15, -0.1) is 10.2 Å². The highest BCUT2D eigenvalue weighted by Gasteiger charge is 2.17. The standard InChI is InChI=1S/C16H18N8O2/c17-6-11-8-21-14(9-19-11)22-13-5-12(15(16(18)25)24-23-13)20-7-10-1-3-26-4-2-10/h5,8-10H,1-4,7H2,(H2,18,25)(H2,20,21,22,23). The number of hydrogen-bond acceptors (Lipinski definition) is 9. The van der Waals surface area contributed by atoms with Gasteiger partial charge in [0, 0.05) is 25.8 Å². The van der Waals surface area contributed by atoms with Crippen LogP contribution in [0.25, 0.3) is 0 Å². The van der Waals surface area contributed by atoms with Crippen molar-refractivity contribution in [3.8, 4) is 6.07 Å². The third kappa shape index (κ3) is 4.40. The summed E-state index contributed by atoms with van der Waals surface area (Å²) in [5.74, 6) is 0.583. The predicted molar refractivity (Wildman–Crippen MR) is 92.6 cm³/mol. The van der Waals surface area contributed by atoms with Crippen molar-refractivity contribution in [3.63, 3.8) is 0 Å². The summed E-state index contributed by atoms with van der Waals surface area (Å²) in [7, 11) is 0. The molecule has 1 fully saturated rings. The summed E-state index contributed by atoms with van der Waals surface area (Å²) in [5, 5.41) is 22.7. The van der Waals surface area contributed by atoms with Gasteiger partial charge >= 0.3 is 0 Å². The summed E-state index contributed by atoms with van der Waals surface area (Å²) in [4.78, 5) is 19.6. The molecule has 26 heavy (non-hydrogen) atoms. The van der Waals surface area contributed by atoms with Gasteiger partial charge in [-0.2, -0.15) is 5.26 Å². The molecule has 3 rings (SSSR count). The molecule has 0 aromatic carbocycles. The fourth-order valence-electron chi connectivity index (χ4n) is 2.56. The number of rotatable bonds is 6. The van der Waals surface area contributed by atoms with Crippen LogP contribution in [0.15, 0.2) is 18.5 Å². The molecule has 0 saturated carbocycles. The SMILES string of the molecule is N#Cc1cnc(Nc2cc(NCC3CCOCC3)c(C(N)=O)nn2)cn1. The lowest BCUT2D eigenvalue weighted by Crippen LogP contribution is -2.24. The van der Waals surface area contributed by atoms with E-state index in [4.69, 9.17) is 15.7 Å². The minimum Gasteiger partial charge on any atom is -0.383 e. The van der Waals surface area contributed by atoms with Gasteiger partial charge < -0.3 is 21.1 Å². The van der Waals surface area contributed by atoms with Gasteiger partial charge in [0.05, 0.1) is 18.1 Å². The normalized spacial score (nSPS) is 14.4. The fraction of sp³-hybridized carbons (Fsp3) is 0.375. The van der Waals surface area contributed by atoms with Gasteiger partial charge in [-0.25, -0.2) is 9.97 Å². The first kappa shape index (κ1) is 17.5. The number of primary amides is 1. The van der Waals surface area contributed by atoms with Gasteiger partial charge in [0.25, 0.3) is 5.91 Å². The van der Waals surface area contributed by atoms with Crippen molar-refractivity contribution < 1.29 is 9.53 Å². The lowest BCUT2D eigenvalue weighted by molar-refractivity contribution is 0.0699. The highest BCUT2D eigenvalue weighted by molar-refractivity contribution is 5.96. The Morgan fingerprint density at radius 3 is 2.73 bits per heavy atom. The third-order valence-corrected chi connectivity index (χ3v) is 3.97. The van der Waals surface area contributed by atoms with Crippen molar-refractivity contribution in [2.75, 3.05) is 30.4 Å². The molecule has 1 aliphatic rings. The van der Waals surface area contributed by atoms with Crippen LogP contribution in [0.1, 0.15) is 29.0 Å². The lowest BCUT2D eigenvalue weighted by atomic mass is 10.0. The second-order valence-corrected chi connectivity index (χ2v) is 5.82. The van der Waals surface area contributed by atoms with Crippen LogP contribution in [-0.4, -0.2) is 45.8 Å². The van der Waals surface area contributed by atoms with E-state index in [0.717, 1.165) is 26.1 Å². The van der Waals surface area contributed by atoms with Crippen LogP contribution in [0.5, 0.6) is 0 Å². The van der Waals surface area contributed by atoms with Crippen molar-refractivity contribution >= 4 is 23.2 Å². The summed E-state index contributed by atoms with van der Waals surface area (Å²) in [5.41, 5.74) is 6.18. The van der Waals surface area contributed by atoms with Crippen LogP contribution in [0.3, 0.4) is 0 Å². The summed E-state index contributed by atoms with van der Waals surface area (Å²) < 4.78 is 5.35. The van der Waals surface area contributed by atoms with Crippen molar-refractivity contribution in [1.82, 2.24) is 20.2 Å². The van der Waals surface area contributed by atoms with Crippen molar-refractivity contribution in [2.45, 2.75) is 12.8 Å². The number of nitrogens with two attached hydrogens (primary N) is 1. The first-order valence-electron chi connectivity index (χ1n) is 8.14. The van der Waals surface area contributed by atoms with Crippen LogP contribution in [0.4, 0.5) is 17.3 Å². The number of ether oxygens (including phenoxy) is 1. The van der Waals surface area contributed by atoms with E-state index in [0.29, 0.717) is 29.8 Å². The summed E-state index contributed by atoms with van der Waals surface area (Å²) >= 11 is 0. The molecule has 4 N–H and O–H groups in total. The first-order valence-corrected chi connectivity index (χ1v) is 8.14. The quantitative estimate of drug-likeness (QED) is 0.684. The fourth-order valence-corrected chi connectivity index (χ4v) is 2.56. The monoisotopic (exact) mass is 354 g/mol. The van der Waals surface area contributed by atoms with E-state index in [1.54, 1.807) is 6.07 Å². The molecule has 1 aliphatic heterocycles. The van der Waals surface area contributed by atoms with Crippen molar-refractivity contribution in [1.29, 1.82) is 5.26 Å². The van der Waals surface area contributed by atoms with E-state index in [1.807, 2.05) is 6.07 Å². The van der Waals surface area contributed by atoms with Gasteiger partial charge in [0.1, 0.15) is 11.9 Å². The zero-order valence-electron chi connectivity index (χ0n) is 14.0. The number of nitriles is 1. The van der Waals surface area contributed by atoms with E-state index in [2.05, 4.69) is 30.8 Å². The molecule has 0 radical (unpaired) electrons. The van der Waals surface area contributed by atoms with Gasteiger partial charge in [0.15, 0.2) is 17.2 Å². The van der Waals surface area contributed by atoms with Crippen molar-refractivity contribution in [3.05, 3.63) is 29.8 Å². The highest BCUT2D eigenvalue weighted by atomic mass is 16.5. The predicted octanol–water partition coefficient (Wildman–Crippen LogP) is 0.819. The average molecular weight is 354 g/mol. The molecule has 0 spiro atoms. The Kier molecular flexibility index (Phi) is 5.50. The second-order valence-electron chi connectivity index (χ2n) is 5.82. The maximum absolute atomic E-state index is 11.6. The molecule has 134 valence electrons. The van der Waals surface area contributed by atoms with Gasteiger partial charge in [-0.05, 0) is 18.8 Å².